The lowest BCUT2D eigenvalue weighted by Gasteiger charge is -2.46. The Balaban J connectivity index is 1.25. The van der Waals surface area contributed by atoms with Crippen molar-refractivity contribution in [3.63, 3.8) is 0 Å². The van der Waals surface area contributed by atoms with Crippen LogP contribution in [0, 0.1) is 12.8 Å². The summed E-state index contributed by atoms with van der Waals surface area (Å²) in [5, 5.41) is 9.80. The molecule has 0 spiro atoms. The van der Waals surface area contributed by atoms with Gasteiger partial charge in [-0.05, 0) is 50.4 Å². The lowest BCUT2D eigenvalue weighted by molar-refractivity contribution is -0.117. The van der Waals surface area contributed by atoms with E-state index in [0.29, 0.717) is 16.5 Å². The molecule has 3 amide bonds. The average Bonchev–Trinajstić information content (AvgIpc) is 3.26. The Kier molecular flexibility index (Phi) is 6.56. The fraction of sp³-hybridized carbons (Fsp3) is 0.444. The van der Waals surface area contributed by atoms with Crippen molar-refractivity contribution in [1.29, 1.82) is 0 Å². The summed E-state index contributed by atoms with van der Waals surface area (Å²) in [6, 6.07) is 11.0. The number of carbonyl (C=O) groups excluding carboxylic acids is 2. The normalized spacial score (nSPS) is 29.0. The number of pyridine rings is 1. The van der Waals surface area contributed by atoms with Gasteiger partial charge in [-0.25, -0.2) is 9.78 Å². The maximum absolute atomic E-state index is 13.5. The van der Waals surface area contributed by atoms with Gasteiger partial charge in [0.05, 0.1) is 28.2 Å². The molecule has 1 aliphatic carbocycles. The van der Waals surface area contributed by atoms with E-state index in [1.54, 1.807) is 6.20 Å². The van der Waals surface area contributed by atoms with Gasteiger partial charge in [0.2, 0.25) is 5.88 Å². The van der Waals surface area contributed by atoms with Crippen LogP contribution in [0.2, 0.25) is 0 Å². The second-order valence-corrected chi connectivity index (χ2v) is 11.3. The number of ether oxygens (including phenoxy) is 1. The molecule has 0 radical (unpaired) electrons. The van der Waals surface area contributed by atoms with Crippen LogP contribution in [0.25, 0.3) is 0 Å². The molecule has 2 aromatic rings. The molecule has 1 aromatic heterocycles. The number of para-hydroxylation sites is 1. The molecule has 194 valence electrons. The molecule has 0 bridgehead atoms. The number of nitrogens with zero attached hydrogens (tertiary/aromatic N) is 2. The lowest BCUT2D eigenvalue weighted by Crippen LogP contribution is -2.62. The van der Waals surface area contributed by atoms with Gasteiger partial charge in [0.1, 0.15) is 5.75 Å². The van der Waals surface area contributed by atoms with Gasteiger partial charge in [-0.1, -0.05) is 42.8 Å². The van der Waals surface area contributed by atoms with E-state index in [9.17, 15) is 9.59 Å². The number of benzene rings is 1. The van der Waals surface area contributed by atoms with Gasteiger partial charge in [0.25, 0.3) is 5.91 Å². The highest BCUT2D eigenvalue weighted by Crippen LogP contribution is 2.48. The Bertz CT molecular complexity index is 1240. The largest absolute Gasteiger partial charge is 0.439 e. The number of nitrogens with one attached hydrogen (secondary N) is 3. The van der Waals surface area contributed by atoms with E-state index < -0.39 is 0 Å². The van der Waals surface area contributed by atoms with Crippen molar-refractivity contribution in [2.75, 3.05) is 11.4 Å². The van der Waals surface area contributed by atoms with E-state index in [4.69, 9.17) is 10.5 Å². The first-order valence-electron chi connectivity index (χ1n) is 13.0. The van der Waals surface area contributed by atoms with Gasteiger partial charge < -0.3 is 26.4 Å². The quantitative estimate of drug-likeness (QED) is 0.477. The van der Waals surface area contributed by atoms with Gasteiger partial charge in [-0.2, -0.15) is 0 Å². The number of amides is 3. The van der Waals surface area contributed by atoms with Crippen LogP contribution >= 0.6 is 11.8 Å². The Labute approximate surface area is 220 Å². The Morgan fingerprint density at radius 3 is 2.81 bits per heavy atom. The Morgan fingerprint density at radius 2 is 2.03 bits per heavy atom. The van der Waals surface area contributed by atoms with Crippen LogP contribution in [-0.2, 0) is 4.79 Å². The van der Waals surface area contributed by atoms with Gasteiger partial charge in [0.15, 0.2) is 0 Å². The fourth-order valence-electron chi connectivity index (χ4n) is 5.92. The smallest absolute Gasteiger partial charge is 0.326 e. The van der Waals surface area contributed by atoms with Crippen molar-refractivity contribution in [2.45, 2.75) is 62.5 Å². The number of piperidine rings is 1. The highest BCUT2D eigenvalue weighted by Gasteiger charge is 2.52. The molecule has 3 unspecified atom stereocenters. The van der Waals surface area contributed by atoms with E-state index in [1.807, 2.05) is 48.2 Å². The zero-order valence-electron chi connectivity index (χ0n) is 20.8. The van der Waals surface area contributed by atoms with Gasteiger partial charge in [-0.3, -0.25) is 9.69 Å². The highest BCUT2D eigenvalue weighted by atomic mass is 32.2. The van der Waals surface area contributed by atoms with E-state index in [-0.39, 0.29) is 41.4 Å². The third-order valence-electron chi connectivity index (χ3n) is 7.77. The number of nitrogens with two attached hydrogens (primary N) is 1. The van der Waals surface area contributed by atoms with Gasteiger partial charge in [0, 0.05) is 29.8 Å². The third kappa shape index (κ3) is 4.58. The lowest BCUT2D eigenvalue weighted by atomic mass is 9.86. The predicted octanol–water partition coefficient (Wildman–Crippen LogP) is 3.36. The zero-order chi connectivity index (χ0) is 25.5. The van der Waals surface area contributed by atoms with Crippen molar-refractivity contribution in [2.24, 2.45) is 11.7 Å². The minimum Gasteiger partial charge on any atom is -0.439 e. The van der Waals surface area contributed by atoms with E-state index in [1.165, 1.54) is 11.8 Å². The number of anilines is 1. The first kappa shape index (κ1) is 24.3. The Morgan fingerprint density at radius 1 is 1.22 bits per heavy atom. The number of carbonyl (C=O) groups is 2. The molecule has 3 fully saturated rings. The third-order valence-corrected chi connectivity index (χ3v) is 9.12. The molecular formula is C27H32N6O3S. The molecular weight excluding hydrogens is 488 g/mol. The summed E-state index contributed by atoms with van der Waals surface area (Å²) >= 11 is 1.51. The maximum Gasteiger partial charge on any atom is 0.326 e. The van der Waals surface area contributed by atoms with Crippen LogP contribution in [0.15, 0.2) is 53.2 Å². The zero-order valence-corrected chi connectivity index (χ0v) is 21.6. The number of hydrogen-bond acceptors (Lipinski definition) is 7. The summed E-state index contributed by atoms with van der Waals surface area (Å²) in [7, 11) is 0. The first-order valence-corrected chi connectivity index (χ1v) is 13.9. The Hall–Kier alpha value is -3.08. The number of aromatic nitrogens is 1. The second kappa shape index (κ2) is 10.00. The summed E-state index contributed by atoms with van der Waals surface area (Å²) in [6.45, 7) is 2.72. The molecule has 6 rings (SSSR count). The highest BCUT2D eigenvalue weighted by molar-refractivity contribution is 8.04. The van der Waals surface area contributed by atoms with Crippen LogP contribution < -0.4 is 31.3 Å². The van der Waals surface area contributed by atoms with E-state index in [0.717, 1.165) is 55.6 Å². The van der Waals surface area contributed by atoms with Crippen LogP contribution in [0.5, 0.6) is 11.6 Å². The minimum absolute atomic E-state index is 0.0168. The molecule has 1 saturated carbocycles. The molecule has 9 nitrogen and oxygen atoms in total. The molecule has 1 aromatic carbocycles. The number of thioether (sulfide) groups is 1. The van der Waals surface area contributed by atoms with Crippen molar-refractivity contribution >= 4 is 29.4 Å². The molecule has 10 heteroatoms. The maximum atomic E-state index is 13.5. The van der Waals surface area contributed by atoms with Crippen molar-refractivity contribution in [3.8, 4) is 11.6 Å². The monoisotopic (exact) mass is 520 g/mol. The van der Waals surface area contributed by atoms with Crippen molar-refractivity contribution in [3.05, 3.63) is 58.8 Å². The van der Waals surface area contributed by atoms with Gasteiger partial charge >= 0.3 is 6.03 Å². The molecule has 2 saturated heterocycles. The van der Waals surface area contributed by atoms with Crippen LogP contribution in [0.4, 0.5) is 10.5 Å². The standard InChI is InChI=1S/C27H32N6O3S/c1-15-13-21(36-16-7-3-2-4-8-16)30-14-20(15)33-19-11-12-29-26-22(19)23(32-27(33)35)24(37-26)25(34)31-18-10-6-5-9-17(18)28/h2-4,7-8,13-14,17-19,22,26,29H,5-6,9-12,28H2,1H3,(H,31,34)(H,32,35)/t17-,18+,19?,22?,26?/m0/s1. The molecule has 4 aliphatic rings. The SMILES string of the molecule is Cc1cc(Oc2ccccc2)ncc1N1C(=O)NC2=C(C(=O)N[C@@H]3CCCC[C@@H]3N)SC3NCCC1C23. The summed E-state index contributed by atoms with van der Waals surface area (Å²) in [5.74, 6) is 1.03. The van der Waals surface area contributed by atoms with E-state index >= 15 is 0 Å². The summed E-state index contributed by atoms with van der Waals surface area (Å²) in [5.41, 5.74) is 8.65. The molecule has 3 aliphatic heterocycles. The van der Waals surface area contributed by atoms with Crippen LogP contribution in [0.1, 0.15) is 37.7 Å². The minimum atomic E-state index is -0.235. The first-order chi connectivity index (χ1) is 18.0. The number of aryl methyl sites for hydroxylation is 1. The van der Waals surface area contributed by atoms with Gasteiger partial charge in [-0.15, -0.1) is 0 Å². The van der Waals surface area contributed by atoms with Crippen molar-refractivity contribution < 1.29 is 14.3 Å². The summed E-state index contributed by atoms with van der Waals surface area (Å²) < 4.78 is 5.89. The number of rotatable bonds is 5. The number of hydrogen-bond donors (Lipinski definition) is 4. The summed E-state index contributed by atoms with van der Waals surface area (Å²) in [4.78, 5) is 33.8. The van der Waals surface area contributed by atoms with E-state index in [2.05, 4.69) is 20.9 Å². The number of urea groups is 1. The predicted molar refractivity (Wildman–Crippen MR) is 143 cm³/mol. The average molecular weight is 521 g/mol. The van der Waals surface area contributed by atoms with Crippen LogP contribution in [0.3, 0.4) is 0 Å². The summed E-state index contributed by atoms with van der Waals surface area (Å²) in [6.07, 6.45) is 6.48. The second-order valence-electron chi connectivity index (χ2n) is 10.2. The molecule has 4 heterocycles. The van der Waals surface area contributed by atoms with Crippen LogP contribution in [-0.4, -0.2) is 47.0 Å². The van der Waals surface area contributed by atoms with Crippen molar-refractivity contribution in [1.82, 2.24) is 20.9 Å². The fourth-order valence-corrected chi connectivity index (χ4v) is 7.31. The molecule has 37 heavy (non-hydrogen) atoms. The topological polar surface area (TPSA) is 122 Å². The molecule has 5 N–H and O–H groups in total. The molecule has 5 atom stereocenters.